The Morgan fingerprint density at radius 3 is 3.06 bits per heavy atom. The van der Waals surface area contributed by atoms with E-state index in [1.807, 2.05) is 18.9 Å². The van der Waals surface area contributed by atoms with Gasteiger partial charge in [0.05, 0.1) is 16.6 Å². The van der Waals surface area contributed by atoms with Crippen molar-refractivity contribution < 1.29 is 4.79 Å². The summed E-state index contributed by atoms with van der Waals surface area (Å²) in [6.45, 7) is 5.82. The Bertz CT molecular complexity index is 459. The molecule has 2 aliphatic rings. The highest BCUT2D eigenvalue weighted by Gasteiger charge is 2.41. The monoisotopic (exact) mass is 265 g/mol. The second-order valence-electron chi connectivity index (χ2n) is 5.47. The number of hydrogen-bond acceptors (Lipinski definition) is 4. The number of aromatic nitrogens is 1. The summed E-state index contributed by atoms with van der Waals surface area (Å²) < 4.78 is 0. The average molecular weight is 265 g/mol. The second-order valence-corrected chi connectivity index (χ2v) is 6.53. The first kappa shape index (κ1) is 12.1. The van der Waals surface area contributed by atoms with Gasteiger partial charge in [-0.2, -0.15) is 0 Å². The molecule has 1 amide bonds. The Labute approximate surface area is 112 Å². The molecular formula is C13H19N3OS. The number of aryl methyl sites for hydroxylation is 1. The fraction of sp³-hybridized carbons (Fsp3) is 0.692. The number of carbonyl (C=O) groups excluding carboxylic acids is 1. The van der Waals surface area contributed by atoms with Crippen molar-refractivity contribution in [2.24, 2.45) is 11.8 Å². The zero-order valence-corrected chi connectivity index (χ0v) is 11.7. The first-order chi connectivity index (χ1) is 8.63. The van der Waals surface area contributed by atoms with E-state index in [4.69, 9.17) is 0 Å². The highest BCUT2D eigenvalue weighted by molar-refractivity contribution is 7.09. The van der Waals surface area contributed by atoms with E-state index in [1.54, 1.807) is 11.3 Å². The summed E-state index contributed by atoms with van der Waals surface area (Å²) in [4.78, 5) is 20.9. The zero-order chi connectivity index (χ0) is 12.7. The van der Waals surface area contributed by atoms with Crippen molar-refractivity contribution in [1.29, 1.82) is 0 Å². The van der Waals surface area contributed by atoms with Gasteiger partial charge in [-0.05, 0) is 19.3 Å². The van der Waals surface area contributed by atoms with Crippen LogP contribution in [0.5, 0.6) is 0 Å². The van der Waals surface area contributed by atoms with Gasteiger partial charge in [-0.1, -0.05) is 0 Å². The molecule has 3 rings (SSSR count). The Balaban J connectivity index is 1.66. The van der Waals surface area contributed by atoms with Crippen LogP contribution in [0.15, 0.2) is 5.38 Å². The van der Waals surface area contributed by atoms with E-state index >= 15 is 0 Å². The molecule has 2 saturated heterocycles. The van der Waals surface area contributed by atoms with E-state index in [0.717, 1.165) is 43.3 Å². The smallest absolute Gasteiger partial charge is 0.227 e. The van der Waals surface area contributed by atoms with Gasteiger partial charge in [0.1, 0.15) is 0 Å². The minimum absolute atomic E-state index is 0.225. The predicted octanol–water partition coefficient (Wildman–Crippen LogP) is 1.36. The number of fused-ring (bicyclic) bond motifs is 1. The standard InChI is InChI=1S/C13H19N3OS/c1-9-14-11(8-18-9)6-16-5-10-3-4-15(2)13(17)12(10)7-16/h8,10,12H,3-7H2,1-2H3/t10-,12+/m1/s1. The predicted molar refractivity (Wildman–Crippen MR) is 71.4 cm³/mol. The topological polar surface area (TPSA) is 36.4 Å². The molecule has 98 valence electrons. The number of thiazole rings is 1. The van der Waals surface area contributed by atoms with E-state index in [-0.39, 0.29) is 5.92 Å². The molecule has 0 unspecified atom stereocenters. The minimum Gasteiger partial charge on any atom is -0.345 e. The number of likely N-dealkylation sites (tertiary alicyclic amines) is 2. The van der Waals surface area contributed by atoms with Gasteiger partial charge < -0.3 is 4.90 Å². The van der Waals surface area contributed by atoms with Gasteiger partial charge in [0.15, 0.2) is 0 Å². The lowest BCUT2D eigenvalue weighted by atomic mass is 9.88. The normalized spacial score (nSPS) is 28.8. The van der Waals surface area contributed by atoms with Crippen LogP contribution in [-0.2, 0) is 11.3 Å². The summed E-state index contributed by atoms with van der Waals surface area (Å²) in [5, 5.41) is 3.25. The number of rotatable bonds is 2. The lowest BCUT2D eigenvalue weighted by Gasteiger charge is -2.30. The Hall–Kier alpha value is -0.940. The van der Waals surface area contributed by atoms with E-state index in [9.17, 15) is 4.79 Å². The zero-order valence-electron chi connectivity index (χ0n) is 10.9. The number of carbonyl (C=O) groups is 1. The number of hydrogen-bond donors (Lipinski definition) is 0. The largest absolute Gasteiger partial charge is 0.345 e. The van der Waals surface area contributed by atoms with E-state index < -0.39 is 0 Å². The van der Waals surface area contributed by atoms with Crippen molar-refractivity contribution in [3.8, 4) is 0 Å². The SMILES string of the molecule is Cc1nc(CN2C[C@H]3CCN(C)C(=O)[C@H]3C2)cs1. The molecule has 5 heteroatoms. The summed E-state index contributed by atoms with van der Waals surface area (Å²) in [6, 6.07) is 0. The van der Waals surface area contributed by atoms with Gasteiger partial charge in [-0.15, -0.1) is 11.3 Å². The van der Waals surface area contributed by atoms with Crippen LogP contribution in [0, 0.1) is 18.8 Å². The first-order valence-electron chi connectivity index (χ1n) is 6.52. The van der Waals surface area contributed by atoms with Gasteiger partial charge in [0.25, 0.3) is 0 Å². The van der Waals surface area contributed by atoms with Gasteiger partial charge >= 0.3 is 0 Å². The number of piperidine rings is 1. The lowest BCUT2D eigenvalue weighted by Crippen LogP contribution is -2.42. The summed E-state index contributed by atoms with van der Waals surface area (Å²) in [5.41, 5.74) is 1.15. The van der Waals surface area contributed by atoms with Crippen LogP contribution in [0.1, 0.15) is 17.1 Å². The number of amides is 1. The lowest BCUT2D eigenvalue weighted by molar-refractivity contribution is -0.137. The van der Waals surface area contributed by atoms with Gasteiger partial charge in [0, 0.05) is 38.6 Å². The molecule has 4 nitrogen and oxygen atoms in total. The Morgan fingerprint density at radius 1 is 1.50 bits per heavy atom. The quantitative estimate of drug-likeness (QED) is 0.810. The molecule has 1 aromatic heterocycles. The molecule has 2 atom stereocenters. The average Bonchev–Trinajstić information content (AvgIpc) is 2.91. The van der Waals surface area contributed by atoms with Crippen molar-refractivity contribution in [2.75, 3.05) is 26.7 Å². The van der Waals surface area contributed by atoms with Crippen LogP contribution >= 0.6 is 11.3 Å². The summed E-state index contributed by atoms with van der Waals surface area (Å²) in [7, 11) is 1.92. The molecule has 0 saturated carbocycles. The van der Waals surface area contributed by atoms with Crippen LogP contribution in [0.25, 0.3) is 0 Å². The molecule has 0 spiro atoms. The molecule has 3 heterocycles. The molecule has 0 N–H and O–H groups in total. The van der Waals surface area contributed by atoms with Gasteiger partial charge in [-0.25, -0.2) is 4.98 Å². The third-order valence-corrected chi connectivity index (χ3v) is 4.92. The van der Waals surface area contributed by atoms with Crippen LogP contribution in [0.2, 0.25) is 0 Å². The summed E-state index contributed by atoms with van der Waals surface area (Å²) in [6.07, 6.45) is 1.15. The molecule has 1 aromatic rings. The number of nitrogens with zero attached hydrogens (tertiary/aromatic N) is 3. The van der Waals surface area contributed by atoms with Crippen molar-refractivity contribution in [3.05, 3.63) is 16.1 Å². The van der Waals surface area contributed by atoms with E-state index in [2.05, 4.69) is 15.3 Å². The third kappa shape index (κ3) is 2.17. The van der Waals surface area contributed by atoms with Crippen LogP contribution in [-0.4, -0.2) is 47.4 Å². The third-order valence-electron chi connectivity index (χ3n) is 4.10. The molecule has 0 aromatic carbocycles. The van der Waals surface area contributed by atoms with Crippen LogP contribution in [0.3, 0.4) is 0 Å². The molecule has 18 heavy (non-hydrogen) atoms. The molecular weight excluding hydrogens is 246 g/mol. The van der Waals surface area contributed by atoms with Crippen LogP contribution in [0.4, 0.5) is 0 Å². The first-order valence-corrected chi connectivity index (χ1v) is 7.40. The van der Waals surface area contributed by atoms with Crippen molar-refractivity contribution in [2.45, 2.75) is 19.9 Å². The van der Waals surface area contributed by atoms with E-state index in [1.165, 1.54) is 0 Å². The van der Waals surface area contributed by atoms with Gasteiger partial charge in [0.2, 0.25) is 5.91 Å². The van der Waals surface area contributed by atoms with E-state index in [0.29, 0.717) is 11.8 Å². The maximum Gasteiger partial charge on any atom is 0.227 e. The van der Waals surface area contributed by atoms with Crippen molar-refractivity contribution in [1.82, 2.24) is 14.8 Å². The second kappa shape index (κ2) is 4.63. The van der Waals surface area contributed by atoms with Crippen LogP contribution < -0.4 is 0 Å². The maximum absolute atomic E-state index is 12.1. The summed E-state index contributed by atoms with van der Waals surface area (Å²) >= 11 is 1.70. The van der Waals surface area contributed by atoms with Gasteiger partial charge in [-0.3, -0.25) is 9.69 Å². The summed E-state index contributed by atoms with van der Waals surface area (Å²) in [5.74, 6) is 1.13. The Morgan fingerprint density at radius 2 is 2.33 bits per heavy atom. The molecule has 0 radical (unpaired) electrons. The maximum atomic E-state index is 12.1. The highest BCUT2D eigenvalue weighted by atomic mass is 32.1. The molecule has 2 fully saturated rings. The minimum atomic E-state index is 0.225. The molecule has 2 aliphatic heterocycles. The highest BCUT2D eigenvalue weighted by Crippen LogP contribution is 2.32. The molecule has 0 bridgehead atoms. The fourth-order valence-corrected chi connectivity index (χ4v) is 3.73. The molecule has 0 aliphatic carbocycles. The van der Waals surface area contributed by atoms with Crippen molar-refractivity contribution in [3.63, 3.8) is 0 Å². The fourth-order valence-electron chi connectivity index (χ4n) is 3.12. The van der Waals surface area contributed by atoms with Crippen molar-refractivity contribution >= 4 is 17.2 Å². The Kier molecular flexibility index (Phi) is 3.11.